The van der Waals surface area contributed by atoms with E-state index in [9.17, 15) is 4.79 Å². The Kier molecular flexibility index (Phi) is 5.65. The Labute approximate surface area is 108 Å². The Morgan fingerprint density at radius 3 is 2.72 bits per heavy atom. The summed E-state index contributed by atoms with van der Waals surface area (Å²) >= 11 is 0. The van der Waals surface area contributed by atoms with Crippen LogP contribution >= 0.6 is 0 Å². The number of aliphatic carboxylic acids is 1. The van der Waals surface area contributed by atoms with E-state index in [0.29, 0.717) is 11.7 Å². The quantitative estimate of drug-likeness (QED) is 0.780. The van der Waals surface area contributed by atoms with Crippen molar-refractivity contribution < 1.29 is 14.6 Å². The molecule has 18 heavy (non-hydrogen) atoms. The fourth-order valence-electron chi connectivity index (χ4n) is 1.49. The molecule has 0 fully saturated rings. The summed E-state index contributed by atoms with van der Waals surface area (Å²) in [5, 5.41) is 12.1. The lowest BCUT2D eigenvalue weighted by molar-refractivity contribution is -0.144. The zero-order valence-electron chi connectivity index (χ0n) is 11.1. The topological polar surface area (TPSA) is 58.6 Å². The summed E-state index contributed by atoms with van der Waals surface area (Å²) in [6, 6.07) is 7.50. The van der Waals surface area contributed by atoms with Crippen LogP contribution in [0.25, 0.3) is 0 Å². The standard InChI is InChI=1S/C14H21NO3/c1-10(2)8-15-9-12-5-4-6-13(7-12)18-11(3)14(16)17/h4-7,10-11,15H,8-9H2,1-3H3,(H,16,17). The third-order valence-corrected chi connectivity index (χ3v) is 2.44. The first-order valence-corrected chi connectivity index (χ1v) is 6.18. The Morgan fingerprint density at radius 2 is 2.11 bits per heavy atom. The number of nitrogens with one attached hydrogen (secondary N) is 1. The van der Waals surface area contributed by atoms with Crippen LogP contribution in [0.3, 0.4) is 0 Å². The molecule has 0 saturated carbocycles. The fourth-order valence-corrected chi connectivity index (χ4v) is 1.49. The van der Waals surface area contributed by atoms with Crippen LogP contribution in [0.1, 0.15) is 26.3 Å². The number of carbonyl (C=O) groups is 1. The van der Waals surface area contributed by atoms with Gasteiger partial charge in [-0.1, -0.05) is 26.0 Å². The molecule has 1 rings (SSSR count). The molecule has 0 bridgehead atoms. The summed E-state index contributed by atoms with van der Waals surface area (Å²) in [5.41, 5.74) is 1.09. The molecular weight excluding hydrogens is 230 g/mol. The molecule has 1 unspecified atom stereocenters. The molecule has 0 heterocycles. The molecule has 1 atom stereocenters. The lowest BCUT2D eigenvalue weighted by Crippen LogP contribution is -2.23. The van der Waals surface area contributed by atoms with Crippen LogP contribution in [-0.2, 0) is 11.3 Å². The van der Waals surface area contributed by atoms with E-state index in [1.807, 2.05) is 18.2 Å². The number of rotatable bonds is 7. The van der Waals surface area contributed by atoms with Gasteiger partial charge in [0.25, 0.3) is 0 Å². The Morgan fingerprint density at radius 1 is 1.39 bits per heavy atom. The highest BCUT2D eigenvalue weighted by Gasteiger charge is 2.12. The van der Waals surface area contributed by atoms with Gasteiger partial charge in [-0.3, -0.25) is 0 Å². The molecule has 0 aromatic heterocycles. The second kappa shape index (κ2) is 7.01. The first-order chi connectivity index (χ1) is 8.49. The van der Waals surface area contributed by atoms with Gasteiger partial charge in [0, 0.05) is 6.54 Å². The van der Waals surface area contributed by atoms with E-state index in [4.69, 9.17) is 9.84 Å². The van der Waals surface area contributed by atoms with E-state index in [0.717, 1.165) is 18.7 Å². The maximum atomic E-state index is 10.7. The van der Waals surface area contributed by atoms with Crippen molar-refractivity contribution in [3.8, 4) is 5.75 Å². The molecule has 0 aliphatic rings. The van der Waals surface area contributed by atoms with Crippen LogP contribution < -0.4 is 10.1 Å². The zero-order valence-corrected chi connectivity index (χ0v) is 11.1. The predicted molar refractivity (Wildman–Crippen MR) is 70.7 cm³/mol. The number of ether oxygens (including phenoxy) is 1. The van der Waals surface area contributed by atoms with Crippen molar-refractivity contribution in [2.24, 2.45) is 5.92 Å². The Hall–Kier alpha value is -1.55. The van der Waals surface area contributed by atoms with E-state index in [-0.39, 0.29) is 0 Å². The minimum atomic E-state index is -0.960. The van der Waals surface area contributed by atoms with Crippen LogP contribution in [0.5, 0.6) is 5.75 Å². The van der Waals surface area contributed by atoms with E-state index >= 15 is 0 Å². The SMILES string of the molecule is CC(C)CNCc1cccc(OC(C)C(=O)O)c1. The van der Waals surface area contributed by atoms with Crippen molar-refractivity contribution in [1.29, 1.82) is 0 Å². The molecule has 2 N–H and O–H groups in total. The molecule has 0 spiro atoms. The van der Waals surface area contributed by atoms with Gasteiger partial charge in [-0.25, -0.2) is 4.79 Å². The van der Waals surface area contributed by atoms with Crippen LogP contribution in [0, 0.1) is 5.92 Å². The summed E-state index contributed by atoms with van der Waals surface area (Å²) in [6.45, 7) is 7.54. The van der Waals surface area contributed by atoms with Crippen molar-refractivity contribution in [2.45, 2.75) is 33.4 Å². The largest absolute Gasteiger partial charge is 0.479 e. The Balaban J connectivity index is 2.54. The van der Waals surface area contributed by atoms with Gasteiger partial charge in [-0.15, -0.1) is 0 Å². The third kappa shape index (κ3) is 5.19. The monoisotopic (exact) mass is 251 g/mol. The van der Waals surface area contributed by atoms with Crippen molar-refractivity contribution in [1.82, 2.24) is 5.32 Å². The summed E-state index contributed by atoms with van der Waals surface area (Å²) in [4.78, 5) is 10.7. The van der Waals surface area contributed by atoms with Gasteiger partial charge in [0.2, 0.25) is 0 Å². The van der Waals surface area contributed by atoms with E-state index in [1.54, 1.807) is 6.07 Å². The number of benzene rings is 1. The average molecular weight is 251 g/mol. The van der Waals surface area contributed by atoms with E-state index in [2.05, 4.69) is 19.2 Å². The average Bonchev–Trinajstić information content (AvgIpc) is 2.28. The number of hydrogen-bond donors (Lipinski definition) is 2. The second-order valence-corrected chi connectivity index (χ2v) is 4.77. The second-order valence-electron chi connectivity index (χ2n) is 4.77. The highest BCUT2D eigenvalue weighted by molar-refractivity contribution is 5.72. The van der Waals surface area contributed by atoms with Crippen LogP contribution in [0.4, 0.5) is 0 Å². The van der Waals surface area contributed by atoms with Gasteiger partial charge in [-0.05, 0) is 37.1 Å². The highest BCUT2D eigenvalue weighted by atomic mass is 16.5. The molecule has 0 aliphatic carbocycles. The molecule has 1 aromatic rings. The third-order valence-electron chi connectivity index (χ3n) is 2.44. The summed E-state index contributed by atoms with van der Waals surface area (Å²) in [6.07, 6.45) is -0.830. The minimum absolute atomic E-state index is 0.591. The number of carboxylic acids is 1. The zero-order chi connectivity index (χ0) is 13.5. The van der Waals surface area contributed by atoms with Gasteiger partial charge >= 0.3 is 5.97 Å². The summed E-state index contributed by atoms with van der Waals surface area (Å²) in [5.74, 6) is 0.239. The van der Waals surface area contributed by atoms with Gasteiger partial charge in [0.15, 0.2) is 6.10 Å². The first-order valence-electron chi connectivity index (χ1n) is 6.18. The normalized spacial score (nSPS) is 12.4. The molecule has 4 nitrogen and oxygen atoms in total. The first kappa shape index (κ1) is 14.5. The molecular formula is C14H21NO3. The van der Waals surface area contributed by atoms with Crippen LogP contribution in [-0.4, -0.2) is 23.7 Å². The van der Waals surface area contributed by atoms with Crippen molar-refractivity contribution in [3.05, 3.63) is 29.8 Å². The van der Waals surface area contributed by atoms with Gasteiger partial charge < -0.3 is 15.2 Å². The lowest BCUT2D eigenvalue weighted by atomic mass is 10.2. The molecule has 0 aliphatic heterocycles. The predicted octanol–water partition coefficient (Wildman–Crippen LogP) is 2.28. The van der Waals surface area contributed by atoms with Crippen molar-refractivity contribution >= 4 is 5.97 Å². The molecule has 100 valence electrons. The number of carboxylic acid groups (broad SMARTS) is 1. The summed E-state index contributed by atoms with van der Waals surface area (Å²) < 4.78 is 5.32. The fraction of sp³-hybridized carbons (Fsp3) is 0.500. The highest BCUT2D eigenvalue weighted by Crippen LogP contribution is 2.15. The molecule has 0 saturated heterocycles. The molecule has 0 amide bonds. The Bertz CT molecular complexity index is 390. The van der Waals surface area contributed by atoms with E-state index < -0.39 is 12.1 Å². The van der Waals surface area contributed by atoms with Gasteiger partial charge in [0.1, 0.15) is 5.75 Å². The maximum Gasteiger partial charge on any atom is 0.344 e. The van der Waals surface area contributed by atoms with Gasteiger partial charge in [-0.2, -0.15) is 0 Å². The molecule has 4 heteroatoms. The van der Waals surface area contributed by atoms with Crippen LogP contribution in [0.15, 0.2) is 24.3 Å². The van der Waals surface area contributed by atoms with Crippen LogP contribution in [0.2, 0.25) is 0 Å². The molecule has 1 aromatic carbocycles. The van der Waals surface area contributed by atoms with E-state index in [1.165, 1.54) is 6.92 Å². The maximum absolute atomic E-state index is 10.7. The van der Waals surface area contributed by atoms with Crippen molar-refractivity contribution in [2.75, 3.05) is 6.54 Å². The van der Waals surface area contributed by atoms with Gasteiger partial charge in [0.05, 0.1) is 0 Å². The smallest absolute Gasteiger partial charge is 0.344 e. The number of hydrogen-bond acceptors (Lipinski definition) is 3. The lowest BCUT2D eigenvalue weighted by Gasteiger charge is -2.12. The summed E-state index contributed by atoms with van der Waals surface area (Å²) in [7, 11) is 0. The van der Waals surface area contributed by atoms with Crippen molar-refractivity contribution in [3.63, 3.8) is 0 Å². The molecule has 0 radical (unpaired) electrons. The minimum Gasteiger partial charge on any atom is -0.479 e.